The van der Waals surface area contributed by atoms with E-state index in [0.29, 0.717) is 5.92 Å². The van der Waals surface area contributed by atoms with E-state index in [1.807, 2.05) is 0 Å². The zero-order valence-electron chi connectivity index (χ0n) is 8.28. The van der Waals surface area contributed by atoms with Crippen LogP contribution >= 0.6 is 0 Å². The summed E-state index contributed by atoms with van der Waals surface area (Å²) >= 11 is 0. The number of thiol groups is 1. The molecule has 0 amide bonds. The molecule has 0 spiro atoms. The summed E-state index contributed by atoms with van der Waals surface area (Å²) in [5.74, 6) is 0.708. The quantitative estimate of drug-likeness (QED) is 0.453. The van der Waals surface area contributed by atoms with Crippen molar-refractivity contribution in [3.63, 3.8) is 0 Å². The lowest BCUT2D eigenvalue weighted by atomic mass is 10.1. The van der Waals surface area contributed by atoms with E-state index in [4.69, 9.17) is 0 Å². The normalized spacial score (nSPS) is 11.4. The first kappa shape index (κ1) is 12.9. The van der Waals surface area contributed by atoms with E-state index in [1.54, 1.807) is 0 Å². The van der Waals surface area contributed by atoms with E-state index in [0.717, 1.165) is 25.9 Å². The lowest BCUT2D eigenvalue weighted by Crippen LogP contribution is -2.19. The van der Waals surface area contributed by atoms with Gasteiger partial charge in [0.25, 0.3) is 11.0 Å². The second-order valence-electron chi connectivity index (χ2n) is 3.34. The summed E-state index contributed by atoms with van der Waals surface area (Å²) in [4.78, 5) is 0. The van der Waals surface area contributed by atoms with Crippen LogP contribution in [-0.2, 0) is 15.2 Å². The van der Waals surface area contributed by atoms with Crippen molar-refractivity contribution in [3.8, 4) is 0 Å². The molecule has 0 aliphatic rings. The van der Waals surface area contributed by atoms with Gasteiger partial charge in [0.05, 0.1) is 6.61 Å². The predicted molar refractivity (Wildman–Crippen MR) is 53.2 cm³/mol. The van der Waals surface area contributed by atoms with Crippen molar-refractivity contribution in [2.45, 2.75) is 26.7 Å². The molecule has 0 heterocycles. The van der Waals surface area contributed by atoms with Crippen LogP contribution in [0.5, 0.6) is 0 Å². The molecule has 0 fully saturated rings. The van der Waals surface area contributed by atoms with Gasteiger partial charge in [-0.1, -0.05) is 13.8 Å². The average Bonchev–Trinajstić information content (AvgIpc) is 2.01. The minimum Gasteiger partial charge on any atom is -0.317 e. The summed E-state index contributed by atoms with van der Waals surface area (Å²) in [6.45, 7) is 6.43. The van der Waals surface area contributed by atoms with Crippen LogP contribution in [0.1, 0.15) is 26.7 Å². The Morgan fingerprint density at radius 1 is 1.31 bits per heavy atom. The summed E-state index contributed by atoms with van der Waals surface area (Å²) in [5, 5.41) is 3.21. The fourth-order valence-electron chi connectivity index (χ4n) is 0.852. The molecule has 0 aliphatic carbocycles. The summed E-state index contributed by atoms with van der Waals surface area (Å²) in [7, 11) is -2.66. The Morgan fingerprint density at radius 2 is 2.00 bits per heavy atom. The third-order valence-corrected chi connectivity index (χ3v) is 1.99. The summed E-state index contributed by atoms with van der Waals surface area (Å²) in [5.41, 5.74) is 0. The molecule has 0 atom stereocenters. The monoisotopic (exact) mass is 209 g/mol. The van der Waals surface area contributed by atoms with Crippen LogP contribution in [0, 0.1) is 5.92 Å². The summed E-state index contributed by atoms with van der Waals surface area (Å²) in [6, 6.07) is 0. The predicted octanol–water partition coefficient (Wildman–Crippen LogP) is 0.555. The highest BCUT2D eigenvalue weighted by molar-refractivity contribution is 7.67. The number of hydrogen-bond acceptors (Lipinski definition) is 4. The number of rotatable bonds is 8. The van der Waals surface area contributed by atoms with E-state index in [-0.39, 0.29) is 6.61 Å². The molecule has 0 aliphatic heterocycles. The van der Waals surface area contributed by atoms with Gasteiger partial charge in [0.15, 0.2) is 0 Å². The zero-order valence-corrected chi connectivity index (χ0v) is 9.18. The molecular formula is C8H19NO3S. The first-order valence-electron chi connectivity index (χ1n) is 4.61. The van der Waals surface area contributed by atoms with E-state index in [1.165, 1.54) is 0 Å². The Balaban J connectivity index is 3.00. The van der Waals surface area contributed by atoms with Gasteiger partial charge in [0, 0.05) is 0 Å². The topological polar surface area (TPSA) is 55.4 Å². The van der Waals surface area contributed by atoms with Crippen LogP contribution in [0.25, 0.3) is 0 Å². The van der Waals surface area contributed by atoms with Gasteiger partial charge in [-0.3, -0.25) is 4.18 Å². The molecule has 0 bridgehead atoms. The maximum atomic E-state index is 9.97. The Bertz CT molecular complexity index is 172. The highest BCUT2D eigenvalue weighted by atomic mass is 32.2. The first-order valence-corrected chi connectivity index (χ1v) is 5.70. The van der Waals surface area contributed by atoms with Gasteiger partial charge in [-0.05, 0) is 31.8 Å². The van der Waals surface area contributed by atoms with Gasteiger partial charge < -0.3 is 5.32 Å². The fraction of sp³-hybridized carbons (Fsp3) is 1.00. The molecule has 1 N–H and O–H groups in total. The number of nitrogens with one attached hydrogen (secondary N) is 1. The van der Waals surface area contributed by atoms with Gasteiger partial charge >= 0.3 is 0 Å². The largest absolute Gasteiger partial charge is 0.317 e. The molecule has 0 unspecified atom stereocenters. The van der Waals surface area contributed by atoms with Gasteiger partial charge in [0.2, 0.25) is 0 Å². The second kappa shape index (κ2) is 8.47. The van der Waals surface area contributed by atoms with Gasteiger partial charge in [-0.25, -0.2) is 8.42 Å². The van der Waals surface area contributed by atoms with Crippen LogP contribution in [0.15, 0.2) is 0 Å². The third kappa shape index (κ3) is 11.9. The minimum absolute atomic E-state index is 0.285. The van der Waals surface area contributed by atoms with Crippen molar-refractivity contribution in [2.75, 3.05) is 19.7 Å². The molecular weight excluding hydrogens is 190 g/mol. The summed E-state index contributed by atoms with van der Waals surface area (Å²) < 4.78 is 24.3. The smallest absolute Gasteiger partial charge is 0.257 e. The van der Waals surface area contributed by atoms with Crippen LogP contribution in [0.4, 0.5) is 0 Å². The SMILES string of the molecule is CC(C)CCNCCCO[SH](=O)=O. The average molecular weight is 209 g/mol. The lowest BCUT2D eigenvalue weighted by molar-refractivity contribution is 0.323. The second-order valence-corrected chi connectivity index (χ2v) is 4.05. The molecule has 13 heavy (non-hydrogen) atoms. The first-order chi connectivity index (χ1) is 6.13. The number of hydrogen-bond donors (Lipinski definition) is 2. The summed E-state index contributed by atoms with van der Waals surface area (Å²) in [6.07, 6.45) is 1.89. The molecule has 0 saturated heterocycles. The van der Waals surface area contributed by atoms with Crippen molar-refractivity contribution in [3.05, 3.63) is 0 Å². The van der Waals surface area contributed by atoms with Crippen molar-refractivity contribution >= 4 is 11.0 Å². The molecule has 4 nitrogen and oxygen atoms in total. The highest BCUT2D eigenvalue weighted by Gasteiger charge is 1.93. The van der Waals surface area contributed by atoms with Crippen LogP contribution in [0.3, 0.4) is 0 Å². The zero-order chi connectivity index (χ0) is 10.1. The molecule has 5 heteroatoms. The Kier molecular flexibility index (Phi) is 8.38. The van der Waals surface area contributed by atoms with Crippen LogP contribution in [-0.4, -0.2) is 28.1 Å². The Labute approximate surface area is 81.8 Å². The van der Waals surface area contributed by atoms with Crippen molar-refractivity contribution in [1.82, 2.24) is 5.32 Å². The van der Waals surface area contributed by atoms with Crippen molar-refractivity contribution in [1.29, 1.82) is 0 Å². The molecule has 0 aromatic heterocycles. The lowest BCUT2D eigenvalue weighted by Gasteiger charge is -2.05. The van der Waals surface area contributed by atoms with Crippen LogP contribution < -0.4 is 5.32 Å². The highest BCUT2D eigenvalue weighted by Crippen LogP contribution is 1.95. The van der Waals surface area contributed by atoms with Gasteiger partial charge in [-0.15, -0.1) is 0 Å². The minimum atomic E-state index is -2.66. The van der Waals surface area contributed by atoms with Crippen molar-refractivity contribution in [2.24, 2.45) is 5.92 Å². The van der Waals surface area contributed by atoms with Crippen LogP contribution in [0.2, 0.25) is 0 Å². The maximum absolute atomic E-state index is 9.97. The van der Waals surface area contributed by atoms with E-state index < -0.39 is 11.0 Å². The third-order valence-electron chi connectivity index (χ3n) is 1.59. The molecule has 0 radical (unpaired) electrons. The van der Waals surface area contributed by atoms with Gasteiger partial charge in [0.1, 0.15) is 0 Å². The fourth-order valence-corrected chi connectivity index (χ4v) is 1.13. The molecule has 0 aromatic carbocycles. The van der Waals surface area contributed by atoms with E-state index in [9.17, 15) is 8.42 Å². The van der Waals surface area contributed by atoms with Crippen molar-refractivity contribution < 1.29 is 12.6 Å². The molecule has 0 saturated carbocycles. The molecule has 0 rings (SSSR count). The standard InChI is InChI=1S/C8H19NO3S/c1-8(2)4-6-9-5-3-7-12-13(10)11/h8-9,13H,3-7H2,1-2H3. The van der Waals surface area contributed by atoms with E-state index >= 15 is 0 Å². The van der Waals surface area contributed by atoms with Gasteiger partial charge in [-0.2, -0.15) is 0 Å². The Hall–Kier alpha value is -0.130. The Morgan fingerprint density at radius 3 is 2.54 bits per heavy atom. The molecule has 0 aromatic rings. The maximum Gasteiger partial charge on any atom is 0.257 e. The molecule has 80 valence electrons. The van der Waals surface area contributed by atoms with E-state index in [2.05, 4.69) is 23.3 Å².